The second-order valence-corrected chi connectivity index (χ2v) is 6.66. The van der Waals surface area contributed by atoms with E-state index in [9.17, 15) is 9.18 Å². The van der Waals surface area contributed by atoms with Gasteiger partial charge in [0.15, 0.2) is 0 Å². The number of likely N-dealkylation sites (tertiary alicyclic amines) is 1. The number of carbonyl (C=O) groups is 1. The Morgan fingerprint density at radius 3 is 2.71 bits per heavy atom. The highest BCUT2D eigenvalue weighted by atomic mass is 19.1. The topological polar surface area (TPSA) is 32.3 Å². The molecule has 1 amide bonds. The maximum Gasteiger partial charge on any atom is 0.220 e. The van der Waals surface area contributed by atoms with Gasteiger partial charge in [-0.2, -0.15) is 0 Å². The molecule has 0 saturated carbocycles. The summed E-state index contributed by atoms with van der Waals surface area (Å²) in [6, 6.07) is 7.34. The molecule has 1 aromatic carbocycles. The molecule has 0 unspecified atom stereocenters. The summed E-state index contributed by atoms with van der Waals surface area (Å²) in [5, 5.41) is 3.24. The van der Waals surface area contributed by atoms with Crippen molar-refractivity contribution in [2.45, 2.75) is 56.7 Å². The van der Waals surface area contributed by atoms with Gasteiger partial charge in [0, 0.05) is 18.5 Å². The Bertz CT molecular complexity index is 530. The molecule has 1 aromatic rings. The molecule has 2 fully saturated rings. The zero-order valence-corrected chi connectivity index (χ0v) is 12.7. The van der Waals surface area contributed by atoms with Crippen molar-refractivity contribution < 1.29 is 9.18 Å². The number of hydrogen-bond acceptors (Lipinski definition) is 2. The highest BCUT2D eigenvalue weighted by Gasteiger charge is 2.48. The third kappa shape index (κ3) is 2.69. The van der Waals surface area contributed by atoms with Crippen molar-refractivity contribution >= 4 is 5.91 Å². The van der Waals surface area contributed by atoms with E-state index < -0.39 is 0 Å². The van der Waals surface area contributed by atoms with Crippen molar-refractivity contribution in [3.8, 4) is 0 Å². The number of halogens is 1. The Morgan fingerprint density at radius 2 is 2.00 bits per heavy atom. The Morgan fingerprint density at radius 1 is 1.29 bits per heavy atom. The number of nitrogens with one attached hydrogen (secondary N) is 1. The number of nitrogens with zero attached hydrogens (tertiary/aromatic N) is 1. The van der Waals surface area contributed by atoms with Gasteiger partial charge in [-0.3, -0.25) is 9.69 Å². The van der Waals surface area contributed by atoms with Crippen LogP contribution in [0.1, 0.15) is 50.6 Å². The number of rotatable bonds is 1. The molecular weight excluding hydrogens is 267 g/mol. The van der Waals surface area contributed by atoms with E-state index in [2.05, 4.69) is 24.2 Å². The van der Waals surface area contributed by atoms with Gasteiger partial charge in [-0.25, -0.2) is 4.39 Å². The number of hydrogen-bond donors (Lipinski definition) is 1. The minimum absolute atomic E-state index is 0.162. The molecule has 114 valence electrons. The molecule has 0 aliphatic carbocycles. The molecule has 3 rings (SSSR count). The molecule has 2 heterocycles. The fourth-order valence-electron chi connectivity index (χ4n) is 4.05. The van der Waals surface area contributed by atoms with Crippen LogP contribution in [0.4, 0.5) is 4.39 Å². The number of carbonyl (C=O) groups excluding carboxylic acids is 1. The molecule has 1 N–H and O–H groups in total. The molecule has 3 nitrogen and oxygen atoms in total. The first-order valence-corrected chi connectivity index (χ1v) is 7.78. The fraction of sp³-hybridized carbons (Fsp3) is 0.588. The molecule has 4 heteroatoms. The van der Waals surface area contributed by atoms with Crippen LogP contribution in [0, 0.1) is 5.82 Å². The highest BCUT2D eigenvalue weighted by molar-refractivity contribution is 5.77. The second kappa shape index (κ2) is 5.41. The molecule has 2 aliphatic rings. The van der Waals surface area contributed by atoms with Crippen molar-refractivity contribution in [3.05, 3.63) is 35.6 Å². The average molecular weight is 290 g/mol. The smallest absolute Gasteiger partial charge is 0.220 e. The molecule has 0 bridgehead atoms. The zero-order valence-electron chi connectivity index (χ0n) is 12.7. The fourth-order valence-corrected chi connectivity index (χ4v) is 4.05. The van der Waals surface area contributed by atoms with E-state index in [1.165, 1.54) is 12.1 Å². The van der Waals surface area contributed by atoms with Crippen LogP contribution in [0.5, 0.6) is 0 Å². The average Bonchev–Trinajstić information content (AvgIpc) is 2.66. The monoisotopic (exact) mass is 290 g/mol. The van der Waals surface area contributed by atoms with Crippen molar-refractivity contribution in [2.24, 2.45) is 0 Å². The number of benzene rings is 1. The van der Waals surface area contributed by atoms with Crippen molar-refractivity contribution in [2.75, 3.05) is 7.05 Å². The Hall–Kier alpha value is -1.42. The molecule has 0 spiro atoms. The van der Waals surface area contributed by atoms with Crippen molar-refractivity contribution in [1.29, 1.82) is 0 Å². The Labute approximate surface area is 125 Å². The van der Waals surface area contributed by atoms with E-state index in [0.717, 1.165) is 31.2 Å². The lowest BCUT2D eigenvalue weighted by atomic mass is 9.85. The van der Waals surface area contributed by atoms with Crippen LogP contribution in [0.3, 0.4) is 0 Å². The molecular formula is C17H23FN2O. The predicted molar refractivity (Wildman–Crippen MR) is 80.3 cm³/mol. The molecule has 21 heavy (non-hydrogen) atoms. The molecule has 2 aliphatic heterocycles. The van der Waals surface area contributed by atoms with E-state index in [1.54, 1.807) is 0 Å². The molecule has 0 radical (unpaired) electrons. The van der Waals surface area contributed by atoms with Crippen LogP contribution in [0.15, 0.2) is 24.3 Å². The van der Waals surface area contributed by atoms with Gasteiger partial charge in [0.2, 0.25) is 5.91 Å². The van der Waals surface area contributed by atoms with Crippen molar-refractivity contribution in [3.63, 3.8) is 0 Å². The van der Waals surface area contributed by atoms with E-state index in [0.29, 0.717) is 12.5 Å². The maximum atomic E-state index is 13.1. The first-order valence-electron chi connectivity index (χ1n) is 7.78. The summed E-state index contributed by atoms with van der Waals surface area (Å²) < 4.78 is 13.1. The number of fused-ring (bicyclic) bond motifs is 1. The van der Waals surface area contributed by atoms with E-state index >= 15 is 0 Å². The number of likely N-dealkylation sites (N-methyl/N-ethyl adjacent to an activating group) is 1. The van der Waals surface area contributed by atoms with Crippen LogP contribution in [0.2, 0.25) is 0 Å². The highest BCUT2D eigenvalue weighted by Crippen LogP contribution is 2.43. The van der Waals surface area contributed by atoms with Gasteiger partial charge in [0.05, 0.1) is 5.54 Å². The first kappa shape index (κ1) is 14.5. The van der Waals surface area contributed by atoms with Crippen molar-refractivity contribution in [1.82, 2.24) is 10.2 Å². The quantitative estimate of drug-likeness (QED) is 0.862. The SMILES string of the molecule is CN1[C@H]2CCCCC(=O)N[C@@]2(C)C[C@H]1c1ccc(F)cc1. The standard InChI is InChI=1S/C17H23FN2O/c1-17-11-14(12-7-9-13(18)10-8-12)20(2)15(17)5-3-4-6-16(21)19-17/h7-10,14-15H,3-6,11H2,1-2H3,(H,19,21)/t14-,15-,17-/m0/s1. The van der Waals surface area contributed by atoms with Crippen LogP contribution in [-0.2, 0) is 4.79 Å². The van der Waals surface area contributed by atoms with Gasteiger partial charge in [-0.1, -0.05) is 18.6 Å². The third-order valence-electron chi connectivity index (χ3n) is 5.15. The van der Waals surface area contributed by atoms with Crippen LogP contribution >= 0.6 is 0 Å². The van der Waals surface area contributed by atoms with Gasteiger partial charge in [0.25, 0.3) is 0 Å². The summed E-state index contributed by atoms with van der Waals surface area (Å²) in [7, 11) is 2.12. The van der Waals surface area contributed by atoms with Gasteiger partial charge >= 0.3 is 0 Å². The lowest BCUT2D eigenvalue weighted by molar-refractivity contribution is -0.123. The van der Waals surface area contributed by atoms with E-state index in [4.69, 9.17) is 0 Å². The van der Waals surface area contributed by atoms with Crippen LogP contribution < -0.4 is 5.32 Å². The third-order valence-corrected chi connectivity index (χ3v) is 5.15. The summed E-state index contributed by atoms with van der Waals surface area (Å²) in [6.07, 6.45) is 4.67. The summed E-state index contributed by atoms with van der Waals surface area (Å²) in [4.78, 5) is 14.4. The second-order valence-electron chi connectivity index (χ2n) is 6.66. The van der Waals surface area contributed by atoms with Gasteiger partial charge in [0.1, 0.15) is 5.82 Å². The molecule has 3 atom stereocenters. The van der Waals surface area contributed by atoms with Crippen LogP contribution in [-0.4, -0.2) is 29.4 Å². The zero-order chi connectivity index (χ0) is 15.0. The number of amides is 1. The minimum Gasteiger partial charge on any atom is -0.349 e. The molecule has 2 saturated heterocycles. The Kier molecular flexibility index (Phi) is 3.74. The van der Waals surface area contributed by atoms with Gasteiger partial charge in [-0.15, -0.1) is 0 Å². The lowest BCUT2D eigenvalue weighted by Crippen LogP contribution is -2.54. The summed E-state index contributed by atoms with van der Waals surface area (Å²) in [5.41, 5.74) is 0.937. The Balaban J connectivity index is 1.88. The van der Waals surface area contributed by atoms with E-state index in [1.807, 2.05) is 12.1 Å². The predicted octanol–water partition coefficient (Wildman–Crippen LogP) is 3.02. The van der Waals surface area contributed by atoms with Gasteiger partial charge < -0.3 is 5.32 Å². The maximum absolute atomic E-state index is 13.1. The molecule has 0 aromatic heterocycles. The summed E-state index contributed by atoms with van der Waals surface area (Å²) in [6.45, 7) is 2.15. The van der Waals surface area contributed by atoms with Crippen LogP contribution in [0.25, 0.3) is 0 Å². The minimum atomic E-state index is -0.204. The summed E-state index contributed by atoms with van der Waals surface area (Å²) >= 11 is 0. The normalized spacial score (nSPS) is 34.0. The van der Waals surface area contributed by atoms with Gasteiger partial charge in [-0.05, 0) is 50.9 Å². The lowest BCUT2D eigenvalue weighted by Gasteiger charge is -2.36. The summed E-state index contributed by atoms with van der Waals surface area (Å²) in [5.74, 6) is -0.0414. The largest absolute Gasteiger partial charge is 0.349 e. The first-order chi connectivity index (χ1) is 9.99. The van der Waals surface area contributed by atoms with E-state index in [-0.39, 0.29) is 23.3 Å².